The number of ether oxygens (including phenoxy) is 1. The fourth-order valence-corrected chi connectivity index (χ4v) is 3.36. The lowest BCUT2D eigenvalue weighted by atomic mass is 10.1. The van der Waals surface area contributed by atoms with Gasteiger partial charge in [-0.2, -0.15) is 0 Å². The Bertz CT molecular complexity index is 827. The highest BCUT2D eigenvalue weighted by atomic mass is 16.5. The molecule has 2 aromatic rings. The summed E-state index contributed by atoms with van der Waals surface area (Å²) in [6.45, 7) is 4.47. The third-order valence-corrected chi connectivity index (χ3v) is 5.08. The summed E-state index contributed by atoms with van der Waals surface area (Å²) in [5.41, 5.74) is 3.97. The Hall–Kier alpha value is -2.82. The smallest absolute Gasteiger partial charge is 0.228 e. The van der Waals surface area contributed by atoms with E-state index in [2.05, 4.69) is 10.6 Å². The summed E-state index contributed by atoms with van der Waals surface area (Å²) in [6.07, 6.45) is 1.30. The van der Waals surface area contributed by atoms with E-state index in [1.54, 1.807) is 7.11 Å². The predicted molar refractivity (Wildman–Crippen MR) is 106 cm³/mol. The molecule has 0 aliphatic heterocycles. The molecule has 5 heteroatoms. The minimum absolute atomic E-state index is 0.0495. The lowest BCUT2D eigenvalue weighted by Crippen LogP contribution is -2.29. The van der Waals surface area contributed by atoms with Crippen LogP contribution in [0.3, 0.4) is 0 Å². The summed E-state index contributed by atoms with van der Waals surface area (Å²) in [4.78, 5) is 24.8. The molecule has 0 radical (unpaired) electrons. The maximum atomic E-state index is 12.5. The number of rotatable bonds is 7. The van der Waals surface area contributed by atoms with Crippen LogP contribution in [0.15, 0.2) is 42.5 Å². The molecule has 2 atom stereocenters. The molecule has 142 valence electrons. The molecule has 2 aromatic carbocycles. The van der Waals surface area contributed by atoms with Crippen molar-refractivity contribution >= 4 is 17.5 Å². The summed E-state index contributed by atoms with van der Waals surface area (Å²) in [6, 6.07) is 13.7. The maximum Gasteiger partial charge on any atom is 0.228 e. The average molecular weight is 366 g/mol. The van der Waals surface area contributed by atoms with Gasteiger partial charge in [0, 0.05) is 12.2 Å². The van der Waals surface area contributed by atoms with Gasteiger partial charge in [-0.1, -0.05) is 36.4 Å². The quantitative estimate of drug-likeness (QED) is 0.790. The first-order valence-corrected chi connectivity index (χ1v) is 9.28. The van der Waals surface area contributed by atoms with Gasteiger partial charge in [0.15, 0.2) is 0 Å². The van der Waals surface area contributed by atoms with Crippen LogP contribution in [-0.2, 0) is 16.0 Å². The summed E-state index contributed by atoms with van der Waals surface area (Å²) in [5.74, 6) is 0.232. The zero-order valence-corrected chi connectivity index (χ0v) is 16.0. The average Bonchev–Trinajstić information content (AvgIpc) is 3.46. The van der Waals surface area contributed by atoms with Gasteiger partial charge >= 0.3 is 0 Å². The number of nitrogens with one attached hydrogen (secondary N) is 2. The van der Waals surface area contributed by atoms with Crippen LogP contribution >= 0.6 is 0 Å². The number of para-hydroxylation sites is 2. The molecular weight excluding hydrogens is 340 g/mol. The van der Waals surface area contributed by atoms with Gasteiger partial charge in [-0.15, -0.1) is 0 Å². The first kappa shape index (κ1) is 19.0. The predicted octanol–water partition coefficient (Wildman–Crippen LogP) is 3.25. The molecule has 0 saturated heterocycles. The van der Waals surface area contributed by atoms with Gasteiger partial charge < -0.3 is 15.4 Å². The van der Waals surface area contributed by atoms with Gasteiger partial charge in [-0.25, -0.2) is 0 Å². The normalized spacial score (nSPS) is 17.9. The van der Waals surface area contributed by atoms with E-state index in [4.69, 9.17) is 4.74 Å². The second-order valence-electron chi connectivity index (χ2n) is 7.06. The van der Waals surface area contributed by atoms with E-state index in [1.807, 2.05) is 56.3 Å². The number of hydrogen-bond donors (Lipinski definition) is 2. The Balaban J connectivity index is 1.48. The molecule has 1 saturated carbocycles. The number of anilines is 1. The number of benzene rings is 2. The van der Waals surface area contributed by atoms with Crippen LogP contribution in [0.5, 0.6) is 5.75 Å². The van der Waals surface area contributed by atoms with E-state index in [-0.39, 0.29) is 23.7 Å². The Morgan fingerprint density at radius 3 is 2.37 bits per heavy atom. The highest BCUT2D eigenvalue weighted by molar-refractivity contribution is 6.00. The highest BCUT2D eigenvalue weighted by Gasteiger charge is 2.48. The largest absolute Gasteiger partial charge is 0.496 e. The van der Waals surface area contributed by atoms with Gasteiger partial charge in [-0.3, -0.25) is 9.59 Å². The molecule has 2 N–H and O–H groups in total. The van der Waals surface area contributed by atoms with Crippen molar-refractivity contribution < 1.29 is 14.3 Å². The molecule has 27 heavy (non-hydrogen) atoms. The van der Waals surface area contributed by atoms with Crippen molar-refractivity contribution in [1.29, 1.82) is 0 Å². The van der Waals surface area contributed by atoms with Crippen LogP contribution in [0.2, 0.25) is 0 Å². The summed E-state index contributed by atoms with van der Waals surface area (Å²) in [5, 5.41) is 5.93. The molecule has 0 aromatic heterocycles. The fourth-order valence-electron chi connectivity index (χ4n) is 3.36. The summed E-state index contributed by atoms with van der Waals surface area (Å²) >= 11 is 0. The zero-order chi connectivity index (χ0) is 19.4. The molecule has 2 unspecified atom stereocenters. The van der Waals surface area contributed by atoms with Crippen LogP contribution in [-0.4, -0.2) is 25.5 Å². The van der Waals surface area contributed by atoms with Crippen molar-refractivity contribution in [3.05, 3.63) is 59.2 Å². The Labute approximate surface area is 160 Å². The van der Waals surface area contributed by atoms with E-state index in [1.165, 1.54) is 0 Å². The van der Waals surface area contributed by atoms with Crippen LogP contribution in [0.1, 0.15) is 23.1 Å². The maximum absolute atomic E-state index is 12.5. The number of methoxy groups -OCH3 is 1. The lowest BCUT2D eigenvalue weighted by Gasteiger charge is -2.11. The SMILES string of the molecule is COc1ccccc1CCNC(=O)C1CC1C(=O)Nc1c(C)cccc1C. The van der Waals surface area contributed by atoms with Crippen molar-refractivity contribution in [1.82, 2.24) is 5.32 Å². The second-order valence-corrected chi connectivity index (χ2v) is 7.06. The minimum Gasteiger partial charge on any atom is -0.496 e. The Morgan fingerprint density at radius 1 is 1.00 bits per heavy atom. The number of carbonyl (C=O) groups excluding carboxylic acids is 2. The molecule has 1 aliphatic rings. The van der Waals surface area contributed by atoms with E-state index >= 15 is 0 Å². The van der Waals surface area contributed by atoms with Crippen molar-refractivity contribution in [3.8, 4) is 5.75 Å². The van der Waals surface area contributed by atoms with E-state index in [9.17, 15) is 9.59 Å². The Kier molecular flexibility index (Phi) is 5.79. The third-order valence-electron chi connectivity index (χ3n) is 5.08. The standard InChI is InChI=1S/C22H26N2O3/c1-14-7-6-8-15(2)20(14)24-22(26)18-13-17(18)21(25)23-12-11-16-9-4-5-10-19(16)27-3/h4-10,17-18H,11-13H2,1-3H3,(H,23,25)(H,24,26). The molecule has 1 fully saturated rings. The summed E-state index contributed by atoms with van der Waals surface area (Å²) < 4.78 is 5.32. The van der Waals surface area contributed by atoms with Crippen molar-refractivity contribution in [3.63, 3.8) is 0 Å². The molecule has 0 spiro atoms. The van der Waals surface area contributed by atoms with Crippen molar-refractivity contribution in [2.24, 2.45) is 11.8 Å². The number of amides is 2. The minimum atomic E-state index is -0.240. The van der Waals surface area contributed by atoms with E-state index in [0.717, 1.165) is 28.1 Å². The van der Waals surface area contributed by atoms with E-state index < -0.39 is 0 Å². The van der Waals surface area contributed by atoms with Gasteiger partial charge in [0.2, 0.25) is 11.8 Å². The molecular formula is C22H26N2O3. The molecule has 0 bridgehead atoms. The topological polar surface area (TPSA) is 67.4 Å². The summed E-state index contributed by atoms with van der Waals surface area (Å²) in [7, 11) is 1.64. The fraction of sp³-hybridized carbons (Fsp3) is 0.364. The zero-order valence-electron chi connectivity index (χ0n) is 16.0. The number of hydrogen-bond acceptors (Lipinski definition) is 3. The highest BCUT2D eigenvalue weighted by Crippen LogP contribution is 2.40. The van der Waals surface area contributed by atoms with Crippen LogP contribution in [0, 0.1) is 25.7 Å². The molecule has 1 aliphatic carbocycles. The lowest BCUT2D eigenvalue weighted by molar-refractivity contribution is -0.125. The molecule has 3 rings (SSSR count). The van der Waals surface area contributed by atoms with Gasteiger partial charge in [0.1, 0.15) is 5.75 Å². The number of aryl methyl sites for hydroxylation is 2. The molecule has 0 heterocycles. The van der Waals surface area contributed by atoms with Gasteiger partial charge in [-0.05, 0) is 49.4 Å². The monoisotopic (exact) mass is 366 g/mol. The third kappa shape index (κ3) is 4.48. The Morgan fingerprint density at radius 2 is 1.67 bits per heavy atom. The first-order chi connectivity index (χ1) is 13.0. The molecule has 2 amide bonds. The first-order valence-electron chi connectivity index (χ1n) is 9.28. The van der Waals surface area contributed by atoms with E-state index in [0.29, 0.717) is 19.4 Å². The van der Waals surface area contributed by atoms with Crippen molar-refractivity contribution in [2.75, 3.05) is 19.0 Å². The van der Waals surface area contributed by atoms with Gasteiger partial charge in [0.05, 0.1) is 18.9 Å². The second kappa shape index (κ2) is 8.25. The van der Waals surface area contributed by atoms with Gasteiger partial charge in [0.25, 0.3) is 0 Å². The number of carbonyl (C=O) groups is 2. The van der Waals surface area contributed by atoms with Crippen molar-refractivity contribution in [2.45, 2.75) is 26.7 Å². The molecule has 5 nitrogen and oxygen atoms in total. The van der Waals surface area contributed by atoms with Crippen LogP contribution in [0.4, 0.5) is 5.69 Å². The van der Waals surface area contributed by atoms with Crippen LogP contribution in [0.25, 0.3) is 0 Å². The van der Waals surface area contributed by atoms with Crippen LogP contribution < -0.4 is 15.4 Å².